The fourth-order valence-electron chi connectivity index (χ4n) is 3.56. The number of ether oxygens (including phenoxy) is 1. The van der Waals surface area contributed by atoms with Gasteiger partial charge in [-0.15, -0.1) is 0 Å². The topological polar surface area (TPSA) is 48.9 Å². The summed E-state index contributed by atoms with van der Waals surface area (Å²) in [6.45, 7) is 9.64. The van der Waals surface area contributed by atoms with Gasteiger partial charge in [0.25, 0.3) is 0 Å². The molecule has 0 aliphatic heterocycles. The third kappa shape index (κ3) is 10.2. The summed E-state index contributed by atoms with van der Waals surface area (Å²) in [4.78, 5) is 5.96. The van der Waals surface area contributed by atoms with Crippen LogP contribution in [-0.2, 0) is 4.74 Å². The maximum atomic E-state index is 9.34. The quantitative estimate of drug-likeness (QED) is 0.161. The van der Waals surface area contributed by atoms with Crippen molar-refractivity contribution in [1.29, 1.82) is 0 Å². The minimum atomic E-state index is -0.236. The van der Waals surface area contributed by atoms with Gasteiger partial charge in [-0.05, 0) is 31.4 Å². The summed E-state index contributed by atoms with van der Waals surface area (Å²) in [5.74, 6) is 0. The molecular weight excluding hydrogens is 346 g/mol. The molecule has 1 aliphatic carbocycles. The predicted octanol–water partition coefficient (Wildman–Crippen LogP) is 6.54. The largest absolute Gasteiger partial charge is 0.372 e. The Kier molecular flexibility index (Phi) is 14.6. The van der Waals surface area contributed by atoms with Crippen LogP contribution in [0.4, 0.5) is 0 Å². The van der Waals surface area contributed by atoms with Crippen LogP contribution in [0.25, 0.3) is 5.53 Å². The summed E-state index contributed by atoms with van der Waals surface area (Å²) in [5, 5.41) is 0. The van der Waals surface area contributed by atoms with Gasteiger partial charge in [0.15, 0.2) is 6.10 Å². The van der Waals surface area contributed by atoms with Crippen LogP contribution in [0.5, 0.6) is 0 Å². The lowest BCUT2D eigenvalue weighted by molar-refractivity contribution is -0.0230. The maximum absolute atomic E-state index is 9.34. The monoisotopic (exact) mass is 389 g/mol. The van der Waals surface area contributed by atoms with E-state index in [1.807, 2.05) is 6.08 Å². The van der Waals surface area contributed by atoms with Crippen LogP contribution in [0.15, 0.2) is 23.9 Å². The van der Waals surface area contributed by atoms with E-state index in [9.17, 15) is 5.53 Å². The van der Waals surface area contributed by atoms with E-state index in [1.54, 1.807) is 0 Å². The van der Waals surface area contributed by atoms with Crippen LogP contribution in [0.3, 0.4) is 0 Å². The number of allylic oxidation sites excluding steroid dienone is 1. The standard InChI is InChI=1S/C24H43N3O/c1-4-7-10-13-18-27(19-14-11-8-5-2)22-16-17-23(26-25)24(21-22)28-20-15-12-9-6-3/h16-17,21,24H,4-15,18-20H2,1-3H3. The van der Waals surface area contributed by atoms with Crippen LogP contribution < -0.4 is 0 Å². The maximum Gasteiger partial charge on any atom is 0.324 e. The molecule has 0 saturated carbocycles. The first-order valence-electron chi connectivity index (χ1n) is 11.7. The molecule has 0 aromatic heterocycles. The SMILES string of the molecule is CCCCCCOC1C=C(N(CCCCCC)CCCCCC)C=CC1=[N+]=[N-]. The zero-order valence-corrected chi connectivity index (χ0v) is 18.7. The molecule has 0 aromatic rings. The Morgan fingerprint density at radius 2 is 1.39 bits per heavy atom. The molecule has 0 saturated heterocycles. The van der Waals surface area contributed by atoms with Crippen molar-refractivity contribution in [2.45, 2.75) is 104 Å². The van der Waals surface area contributed by atoms with Crippen LogP contribution in [-0.4, -0.2) is 41.2 Å². The van der Waals surface area contributed by atoms with Crippen LogP contribution in [0.1, 0.15) is 97.8 Å². The van der Waals surface area contributed by atoms with Crippen molar-refractivity contribution in [2.24, 2.45) is 0 Å². The zero-order chi connectivity index (χ0) is 20.5. The van der Waals surface area contributed by atoms with Gasteiger partial charge in [-0.3, -0.25) is 0 Å². The summed E-state index contributed by atoms with van der Waals surface area (Å²) < 4.78 is 6.05. The molecule has 0 radical (unpaired) electrons. The van der Waals surface area contributed by atoms with Crippen molar-refractivity contribution in [1.82, 2.24) is 4.90 Å². The first-order valence-corrected chi connectivity index (χ1v) is 11.7. The molecule has 0 bridgehead atoms. The summed E-state index contributed by atoms with van der Waals surface area (Å²) in [5.41, 5.74) is 11.2. The molecule has 0 spiro atoms. The Morgan fingerprint density at radius 3 is 1.93 bits per heavy atom. The third-order valence-electron chi connectivity index (χ3n) is 5.38. The van der Waals surface area contributed by atoms with E-state index >= 15 is 0 Å². The number of unbranched alkanes of at least 4 members (excludes halogenated alkanes) is 9. The van der Waals surface area contributed by atoms with Gasteiger partial charge >= 0.3 is 5.71 Å². The molecule has 0 amide bonds. The minimum Gasteiger partial charge on any atom is -0.372 e. The molecular formula is C24H43N3O. The van der Waals surface area contributed by atoms with Gasteiger partial charge in [0.05, 0.1) is 0 Å². The van der Waals surface area contributed by atoms with Crippen molar-refractivity contribution < 1.29 is 9.53 Å². The van der Waals surface area contributed by atoms with E-state index in [0.717, 1.165) is 19.5 Å². The summed E-state index contributed by atoms with van der Waals surface area (Å²) >= 11 is 0. The molecule has 1 unspecified atom stereocenters. The van der Waals surface area contributed by atoms with Gasteiger partial charge in [0.2, 0.25) is 0 Å². The number of hydrogen-bond donors (Lipinski definition) is 0. The Balaban J connectivity index is 2.68. The summed E-state index contributed by atoms with van der Waals surface area (Å²) in [7, 11) is 0. The molecule has 1 rings (SSSR count). The van der Waals surface area contributed by atoms with Gasteiger partial charge in [-0.2, -0.15) is 4.79 Å². The van der Waals surface area contributed by atoms with E-state index in [2.05, 4.69) is 42.6 Å². The molecule has 4 nitrogen and oxygen atoms in total. The second-order valence-corrected chi connectivity index (χ2v) is 7.91. The average Bonchev–Trinajstić information content (AvgIpc) is 2.72. The Labute approximate surface area is 173 Å². The second kappa shape index (κ2) is 16.6. The first-order chi connectivity index (χ1) is 13.8. The smallest absolute Gasteiger partial charge is 0.324 e. The highest BCUT2D eigenvalue weighted by molar-refractivity contribution is 5.97. The second-order valence-electron chi connectivity index (χ2n) is 7.91. The third-order valence-corrected chi connectivity index (χ3v) is 5.38. The average molecular weight is 390 g/mol. The Hall–Kier alpha value is -1.38. The lowest BCUT2D eigenvalue weighted by atomic mass is 10.0. The van der Waals surface area contributed by atoms with Gasteiger partial charge in [0, 0.05) is 31.5 Å². The van der Waals surface area contributed by atoms with Gasteiger partial charge in [-0.25, -0.2) is 0 Å². The number of hydrogen-bond acceptors (Lipinski definition) is 2. The van der Waals surface area contributed by atoms with Crippen molar-refractivity contribution >= 4 is 5.71 Å². The van der Waals surface area contributed by atoms with E-state index in [0.29, 0.717) is 12.3 Å². The number of nitrogens with zero attached hydrogens (tertiary/aromatic N) is 3. The van der Waals surface area contributed by atoms with E-state index in [1.165, 1.54) is 76.3 Å². The molecule has 1 atom stereocenters. The highest BCUT2D eigenvalue weighted by Crippen LogP contribution is 2.18. The molecule has 1 aliphatic rings. The highest BCUT2D eigenvalue weighted by atomic mass is 16.5. The minimum absolute atomic E-state index is 0.236. The Morgan fingerprint density at radius 1 is 0.821 bits per heavy atom. The highest BCUT2D eigenvalue weighted by Gasteiger charge is 2.25. The van der Waals surface area contributed by atoms with Crippen molar-refractivity contribution in [3.63, 3.8) is 0 Å². The van der Waals surface area contributed by atoms with E-state index < -0.39 is 0 Å². The fourth-order valence-corrected chi connectivity index (χ4v) is 3.56. The van der Waals surface area contributed by atoms with E-state index in [4.69, 9.17) is 4.74 Å². The predicted molar refractivity (Wildman–Crippen MR) is 120 cm³/mol. The molecule has 160 valence electrons. The van der Waals surface area contributed by atoms with Gasteiger partial charge in [0.1, 0.15) is 0 Å². The Bertz CT molecular complexity index is 494. The van der Waals surface area contributed by atoms with Crippen molar-refractivity contribution in [3.8, 4) is 0 Å². The van der Waals surface area contributed by atoms with Crippen molar-refractivity contribution in [3.05, 3.63) is 29.5 Å². The summed E-state index contributed by atoms with van der Waals surface area (Å²) in [6, 6.07) is 0. The van der Waals surface area contributed by atoms with Crippen LogP contribution in [0, 0.1) is 0 Å². The van der Waals surface area contributed by atoms with Crippen LogP contribution in [0.2, 0.25) is 0 Å². The van der Waals surface area contributed by atoms with Crippen LogP contribution >= 0.6 is 0 Å². The van der Waals surface area contributed by atoms with Gasteiger partial charge in [-0.1, -0.05) is 78.6 Å². The molecule has 0 N–H and O–H groups in total. The van der Waals surface area contributed by atoms with Crippen molar-refractivity contribution in [2.75, 3.05) is 19.7 Å². The molecule has 28 heavy (non-hydrogen) atoms. The number of rotatable bonds is 17. The zero-order valence-electron chi connectivity index (χ0n) is 18.7. The van der Waals surface area contributed by atoms with Gasteiger partial charge < -0.3 is 15.2 Å². The molecule has 0 fully saturated rings. The molecule has 0 aromatic carbocycles. The first kappa shape index (κ1) is 24.7. The normalized spacial score (nSPS) is 16.2. The lowest BCUT2D eigenvalue weighted by Gasteiger charge is -2.28. The lowest BCUT2D eigenvalue weighted by Crippen LogP contribution is -2.31. The summed E-state index contributed by atoms with van der Waals surface area (Å²) in [6.07, 6.45) is 20.8. The fraction of sp³-hybridized carbons (Fsp3) is 0.792. The van der Waals surface area contributed by atoms with E-state index in [-0.39, 0.29) is 6.10 Å². The molecule has 0 heterocycles. The molecule has 4 heteroatoms.